The van der Waals surface area contributed by atoms with Crippen molar-refractivity contribution in [3.05, 3.63) is 82.1 Å². The van der Waals surface area contributed by atoms with Crippen LogP contribution in [0.5, 0.6) is 0 Å². The highest BCUT2D eigenvalue weighted by molar-refractivity contribution is 7.10. The van der Waals surface area contributed by atoms with Gasteiger partial charge < -0.3 is 5.73 Å². The van der Waals surface area contributed by atoms with Crippen LogP contribution in [0.4, 0.5) is 0 Å². The van der Waals surface area contributed by atoms with Crippen LogP contribution >= 0.6 is 11.3 Å². The number of carbonyl (C=O) groups is 1. The van der Waals surface area contributed by atoms with Gasteiger partial charge in [-0.3, -0.25) is 19.7 Å². The Bertz CT molecular complexity index is 835. The minimum Gasteiger partial charge on any atom is -0.368 e. The summed E-state index contributed by atoms with van der Waals surface area (Å²) in [5, 5.41) is 2.01. The Morgan fingerprint density at radius 1 is 1.15 bits per heavy atom. The molecular weight excluding hydrogens is 344 g/mol. The molecule has 2 N–H and O–H groups in total. The molecule has 0 saturated heterocycles. The van der Waals surface area contributed by atoms with Crippen LogP contribution in [-0.4, -0.2) is 27.3 Å². The summed E-state index contributed by atoms with van der Waals surface area (Å²) in [5.41, 5.74) is 9.16. The highest BCUT2D eigenvalue weighted by Gasteiger charge is 2.28. The number of rotatable bonds is 8. The standard InChI is InChI=1S/C20H22N4OS/c1-15-7-12-26-19(15)18(20(21)25)24(14-17-4-9-22-10-5-17)11-6-16-3-2-8-23-13-16/h2-5,7-10,12-13,18H,6,11,14H2,1H3,(H2,21,25). The van der Waals surface area contributed by atoms with Crippen molar-refractivity contribution in [1.82, 2.24) is 14.9 Å². The SMILES string of the molecule is Cc1ccsc1C(C(N)=O)N(CCc1cccnc1)Cc1ccncc1. The summed E-state index contributed by atoms with van der Waals surface area (Å²) < 4.78 is 0. The number of pyridine rings is 2. The van der Waals surface area contributed by atoms with Crippen molar-refractivity contribution in [2.75, 3.05) is 6.54 Å². The van der Waals surface area contributed by atoms with Crippen molar-refractivity contribution in [2.45, 2.75) is 25.9 Å². The number of nitrogens with two attached hydrogens (primary N) is 1. The molecule has 1 unspecified atom stereocenters. The first kappa shape index (κ1) is 18.2. The van der Waals surface area contributed by atoms with E-state index in [0.717, 1.165) is 28.0 Å². The normalized spacial score (nSPS) is 12.2. The maximum absolute atomic E-state index is 12.4. The third-order valence-corrected chi connectivity index (χ3v) is 5.40. The highest BCUT2D eigenvalue weighted by atomic mass is 32.1. The Kier molecular flexibility index (Phi) is 6.09. The van der Waals surface area contributed by atoms with Gasteiger partial charge in [-0.25, -0.2) is 0 Å². The van der Waals surface area contributed by atoms with E-state index in [-0.39, 0.29) is 5.91 Å². The minimum atomic E-state index is -0.445. The molecule has 5 nitrogen and oxygen atoms in total. The van der Waals surface area contributed by atoms with Crippen LogP contribution in [0.3, 0.4) is 0 Å². The molecule has 0 radical (unpaired) electrons. The summed E-state index contributed by atoms with van der Waals surface area (Å²) in [5.74, 6) is -0.323. The van der Waals surface area contributed by atoms with Crippen LogP contribution in [0.25, 0.3) is 0 Å². The fourth-order valence-electron chi connectivity index (χ4n) is 2.98. The fourth-order valence-corrected chi connectivity index (χ4v) is 4.05. The first-order chi connectivity index (χ1) is 12.6. The summed E-state index contributed by atoms with van der Waals surface area (Å²) in [7, 11) is 0. The minimum absolute atomic E-state index is 0.323. The molecule has 0 aliphatic heterocycles. The Morgan fingerprint density at radius 2 is 1.96 bits per heavy atom. The second-order valence-corrected chi connectivity index (χ2v) is 7.16. The van der Waals surface area contributed by atoms with Gasteiger partial charge in [0.1, 0.15) is 6.04 Å². The van der Waals surface area contributed by atoms with Crippen LogP contribution in [0, 0.1) is 6.92 Å². The second-order valence-electron chi connectivity index (χ2n) is 6.21. The quantitative estimate of drug-likeness (QED) is 0.665. The van der Waals surface area contributed by atoms with Gasteiger partial charge in [0.2, 0.25) is 5.91 Å². The largest absolute Gasteiger partial charge is 0.368 e. The summed E-state index contributed by atoms with van der Waals surface area (Å²) in [6, 6.07) is 9.50. The molecule has 6 heteroatoms. The lowest BCUT2D eigenvalue weighted by atomic mass is 10.1. The van der Waals surface area contributed by atoms with E-state index in [2.05, 4.69) is 14.9 Å². The van der Waals surface area contributed by atoms with Crippen LogP contribution < -0.4 is 5.73 Å². The summed E-state index contributed by atoms with van der Waals surface area (Å²) >= 11 is 1.58. The third-order valence-electron chi connectivity index (χ3n) is 4.33. The van der Waals surface area contributed by atoms with Crippen molar-refractivity contribution >= 4 is 17.2 Å². The van der Waals surface area contributed by atoms with Crippen molar-refractivity contribution in [3.63, 3.8) is 0 Å². The number of aromatic nitrogens is 2. The maximum Gasteiger partial charge on any atom is 0.240 e. The monoisotopic (exact) mass is 366 g/mol. The number of amides is 1. The molecule has 3 aromatic rings. The Hall–Kier alpha value is -2.57. The smallest absolute Gasteiger partial charge is 0.240 e. The van der Waals surface area contributed by atoms with Gasteiger partial charge in [-0.1, -0.05) is 6.07 Å². The van der Waals surface area contributed by atoms with Crippen LogP contribution in [-0.2, 0) is 17.8 Å². The maximum atomic E-state index is 12.4. The molecule has 3 heterocycles. The van der Waals surface area contributed by atoms with E-state index in [1.54, 1.807) is 29.9 Å². The third kappa shape index (κ3) is 4.53. The van der Waals surface area contributed by atoms with Crippen LogP contribution in [0.1, 0.15) is 27.6 Å². The lowest BCUT2D eigenvalue weighted by molar-refractivity contribution is -0.123. The summed E-state index contributed by atoms with van der Waals surface area (Å²) in [6.07, 6.45) is 7.96. The highest BCUT2D eigenvalue weighted by Crippen LogP contribution is 2.30. The first-order valence-electron chi connectivity index (χ1n) is 8.50. The fraction of sp³-hybridized carbons (Fsp3) is 0.250. The molecule has 26 heavy (non-hydrogen) atoms. The van der Waals surface area contributed by atoms with Gasteiger partial charge in [-0.2, -0.15) is 0 Å². The molecule has 0 aliphatic rings. The van der Waals surface area contributed by atoms with E-state index in [4.69, 9.17) is 5.73 Å². The number of hydrogen-bond acceptors (Lipinski definition) is 5. The van der Waals surface area contributed by atoms with Crippen LogP contribution in [0.15, 0.2) is 60.5 Å². The van der Waals surface area contributed by atoms with E-state index < -0.39 is 6.04 Å². The molecule has 0 fully saturated rings. The molecule has 3 aromatic heterocycles. The van der Waals surface area contributed by atoms with E-state index >= 15 is 0 Å². The lowest BCUT2D eigenvalue weighted by Gasteiger charge is -2.29. The second kappa shape index (κ2) is 8.69. The van der Waals surface area contributed by atoms with Gasteiger partial charge in [-0.15, -0.1) is 11.3 Å². The topological polar surface area (TPSA) is 72.1 Å². The van der Waals surface area contributed by atoms with Gasteiger partial charge in [-0.05, 0) is 59.7 Å². The predicted octanol–water partition coefficient (Wildman–Crippen LogP) is 3.12. The molecule has 0 aromatic carbocycles. The van der Waals surface area contributed by atoms with Gasteiger partial charge in [0.25, 0.3) is 0 Å². The van der Waals surface area contributed by atoms with E-state index in [1.165, 1.54) is 0 Å². The summed E-state index contributed by atoms with van der Waals surface area (Å²) in [6.45, 7) is 3.36. The van der Waals surface area contributed by atoms with Gasteiger partial charge >= 0.3 is 0 Å². The van der Waals surface area contributed by atoms with Gasteiger partial charge in [0.05, 0.1) is 0 Å². The number of carbonyl (C=O) groups excluding carboxylic acids is 1. The van der Waals surface area contributed by atoms with Crippen LogP contribution in [0.2, 0.25) is 0 Å². The molecular formula is C20H22N4OS. The molecule has 1 amide bonds. The van der Waals surface area contributed by atoms with E-state index in [9.17, 15) is 4.79 Å². The predicted molar refractivity (Wildman–Crippen MR) is 104 cm³/mol. The molecule has 3 rings (SSSR count). The number of aryl methyl sites for hydroxylation is 1. The molecule has 134 valence electrons. The Labute approximate surface area is 157 Å². The zero-order valence-corrected chi connectivity index (χ0v) is 15.5. The van der Waals surface area contributed by atoms with Crippen molar-refractivity contribution in [2.24, 2.45) is 5.73 Å². The van der Waals surface area contributed by atoms with Gasteiger partial charge in [0.15, 0.2) is 0 Å². The average molecular weight is 366 g/mol. The Morgan fingerprint density at radius 3 is 2.58 bits per heavy atom. The molecule has 0 aliphatic carbocycles. The van der Waals surface area contributed by atoms with Crippen molar-refractivity contribution < 1.29 is 4.79 Å². The van der Waals surface area contributed by atoms with Crippen molar-refractivity contribution in [1.29, 1.82) is 0 Å². The van der Waals surface area contributed by atoms with Crippen molar-refractivity contribution in [3.8, 4) is 0 Å². The number of hydrogen-bond donors (Lipinski definition) is 1. The van der Waals surface area contributed by atoms with Gasteiger partial charge in [0, 0.05) is 42.8 Å². The molecule has 1 atom stereocenters. The Balaban J connectivity index is 1.87. The number of nitrogens with zero attached hydrogens (tertiary/aromatic N) is 3. The summed E-state index contributed by atoms with van der Waals surface area (Å²) in [4.78, 5) is 23.8. The number of primary amides is 1. The lowest BCUT2D eigenvalue weighted by Crippen LogP contribution is -2.38. The van der Waals surface area contributed by atoms with E-state index in [1.807, 2.05) is 48.8 Å². The first-order valence-corrected chi connectivity index (χ1v) is 9.38. The molecule has 0 saturated carbocycles. The van der Waals surface area contributed by atoms with E-state index in [0.29, 0.717) is 13.1 Å². The zero-order valence-electron chi connectivity index (χ0n) is 14.7. The molecule has 0 bridgehead atoms. The molecule has 0 spiro atoms. The average Bonchev–Trinajstić information content (AvgIpc) is 3.07. The zero-order chi connectivity index (χ0) is 18.4. The number of thiophene rings is 1.